The third kappa shape index (κ3) is 3.08. The summed E-state index contributed by atoms with van der Waals surface area (Å²) in [5.41, 5.74) is 2.90. The Bertz CT molecular complexity index is 1070. The van der Waals surface area contributed by atoms with Crippen LogP contribution in [0.15, 0.2) is 69.4 Å². The molecule has 26 heavy (non-hydrogen) atoms. The number of aromatic nitrogens is 2. The van der Waals surface area contributed by atoms with E-state index in [1.54, 1.807) is 24.0 Å². The quantitative estimate of drug-likeness (QED) is 0.663. The molecule has 2 aromatic carbocycles. The van der Waals surface area contributed by atoms with Crippen molar-refractivity contribution in [3.05, 3.63) is 87.9 Å². The van der Waals surface area contributed by atoms with E-state index in [2.05, 4.69) is 23.0 Å². The summed E-state index contributed by atoms with van der Waals surface area (Å²) in [6, 6.07) is 14.0. The van der Waals surface area contributed by atoms with E-state index in [-0.39, 0.29) is 17.9 Å². The SMILES string of the molecule is CCSc1ccc2c(c1)-n1ccc(=O)nc1CN=C2c1cccc(F)c1. The Morgan fingerprint density at radius 3 is 2.88 bits per heavy atom. The highest BCUT2D eigenvalue weighted by molar-refractivity contribution is 7.99. The van der Waals surface area contributed by atoms with Crippen LogP contribution < -0.4 is 5.56 Å². The molecule has 1 aromatic heterocycles. The Kier molecular flexibility index (Phi) is 4.42. The molecule has 0 spiro atoms. The van der Waals surface area contributed by atoms with Crippen LogP contribution in [0.3, 0.4) is 0 Å². The van der Waals surface area contributed by atoms with Crippen LogP contribution in [0.25, 0.3) is 5.69 Å². The van der Waals surface area contributed by atoms with Gasteiger partial charge in [-0.15, -0.1) is 11.8 Å². The fraction of sp³-hybridized carbons (Fsp3) is 0.150. The first kappa shape index (κ1) is 16.7. The normalized spacial score (nSPS) is 12.8. The van der Waals surface area contributed by atoms with Gasteiger partial charge in [0.2, 0.25) is 0 Å². The Labute approximate surface area is 154 Å². The highest BCUT2D eigenvalue weighted by atomic mass is 32.2. The number of thioether (sulfide) groups is 1. The molecule has 1 aliphatic rings. The van der Waals surface area contributed by atoms with Crippen LogP contribution in [-0.4, -0.2) is 21.0 Å². The zero-order valence-electron chi connectivity index (χ0n) is 14.1. The highest BCUT2D eigenvalue weighted by Crippen LogP contribution is 2.29. The number of fused-ring (bicyclic) bond motifs is 3. The number of halogens is 1. The summed E-state index contributed by atoms with van der Waals surface area (Å²) in [6.45, 7) is 2.36. The lowest BCUT2D eigenvalue weighted by Crippen LogP contribution is -2.15. The summed E-state index contributed by atoms with van der Waals surface area (Å²) in [6.07, 6.45) is 1.73. The second-order valence-corrected chi connectivity index (χ2v) is 7.18. The first-order valence-corrected chi connectivity index (χ1v) is 9.31. The Hall–Kier alpha value is -2.73. The molecule has 0 aliphatic carbocycles. The van der Waals surface area contributed by atoms with Gasteiger partial charge in [0.15, 0.2) is 0 Å². The van der Waals surface area contributed by atoms with Gasteiger partial charge in [-0.05, 0) is 36.1 Å². The molecule has 0 radical (unpaired) electrons. The van der Waals surface area contributed by atoms with Crippen LogP contribution in [-0.2, 0) is 6.54 Å². The van der Waals surface area contributed by atoms with Crippen molar-refractivity contribution in [2.24, 2.45) is 4.99 Å². The molecule has 0 unspecified atom stereocenters. The molecular formula is C20H16FN3OS. The number of nitrogens with zero attached hydrogens (tertiary/aromatic N) is 3. The topological polar surface area (TPSA) is 47.2 Å². The predicted octanol–water partition coefficient (Wildman–Crippen LogP) is 3.83. The minimum Gasteiger partial charge on any atom is -0.303 e. The number of hydrogen-bond acceptors (Lipinski definition) is 4. The summed E-state index contributed by atoms with van der Waals surface area (Å²) in [7, 11) is 0. The van der Waals surface area contributed by atoms with Crippen molar-refractivity contribution in [1.29, 1.82) is 0 Å². The smallest absolute Gasteiger partial charge is 0.272 e. The predicted molar refractivity (Wildman–Crippen MR) is 102 cm³/mol. The number of hydrogen-bond donors (Lipinski definition) is 0. The van der Waals surface area contributed by atoms with Crippen LogP contribution in [0.2, 0.25) is 0 Å². The van der Waals surface area contributed by atoms with Crippen LogP contribution in [0, 0.1) is 5.82 Å². The van der Waals surface area contributed by atoms with Gasteiger partial charge in [0.25, 0.3) is 5.56 Å². The van der Waals surface area contributed by atoms with E-state index in [0.29, 0.717) is 17.1 Å². The minimum absolute atomic E-state index is 0.257. The Balaban J connectivity index is 1.97. The monoisotopic (exact) mass is 365 g/mol. The molecule has 0 bridgehead atoms. The molecule has 0 N–H and O–H groups in total. The molecular weight excluding hydrogens is 349 g/mol. The summed E-state index contributed by atoms with van der Waals surface area (Å²) < 4.78 is 15.7. The molecule has 130 valence electrons. The third-order valence-corrected chi connectivity index (χ3v) is 5.03. The van der Waals surface area contributed by atoms with Gasteiger partial charge in [-0.3, -0.25) is 9.79 Å². The fourth-order valence-corrected chi connectivity index (χ4v) is 3.75. The largest absolute Gasteiger partial charge is 0.303 e. The van der Waals surface area contributed by atoms with Crippen LogP contribution in [0.5, 0.6) is 0 Å². The average molecular weight is 365 g/mol. The van der Waals surface area contributed by atoms with E-state index in [1.165, 1.54) is 18.2 Å². The van der Waals surface area contributed by atoms with Crippen molar-refractivity contribution >= 4 is 17.5 Å². The molecule has 0 fully saturated rings. The van der Waals surface area contributed by atoms with Gasteiger partial charge in [0.1, 0.15) is 11.6 Å². The molecule has 0 saturated carbocycles. The van der Waals surface area contributed by atoms with E-state index in [9.17, 15) is 9.18 Å². The fourth-order valence-electron chi connectivity index (χ4n) is 3.06. The number of aliphatic imine (C=N–C) groups is 1. The maximum absolute atomic E-state index is 13.8. The molecule has 3 aromatic rings. The van der Waals surface area contributed by atoms with E-state index in [1.807, 2.05) is 22.8 Å². The first-order valence-electron chi connectivity index (χ1n) is 8.32. The van der Waals surface area contributed by atoms with Crippen molar-refractivity contribution in [1.82, 2.24) is 9.55 Å². The molecule has 2 heterocycles. The maximum atomic E-state index is 13.8. The van der Waals surface area contributed by atoms with Crippen molar-refractivity contribution in [2.75, 3.05) is 5.75 Å². The van der Waals surface area contributed by atoms with Gasteiger partial charge in [-0.1, -0.05) is 19.1 Å². The second-order valence-electron chi connectivity index (χ2n) is 5.84. The van der Waals surface area contributed by atoms with Crippen molar-refractivity contribution in [2.45, 2.75) is 18.4 Å². The van der Waals surface area contributed by atoms with Crippen molar-refractivity contribution in [3.8, 4) is 5.69 Å². The highest BCUT2D eigenvalue weighted by Gasteiger charge is 2.19. The standard InChI is InChI=1S/C20H16FN3OS/c1-2-26-15-6-7-16-17(11-15)24-9-8-19(25)23-18(24)12-22-20(16)13-4-3-5-14(21)10-13/h3-11H,2,12H2,1H3. The van der Waals surface area contributed by atoms with Crippen LogP contribution >= 0.6 is 11.8 Å². The molecule has 6 heteroatoms. The lowest BCUT2D eigenvalue weighted by molar-refractivity contribution is 0.627. The van der Waals surface area contributed by atoms with Gasteiger partial charge in [0.05, 0.1) is 17.9 Å². The minimum atomic E-state index is -0.306. The lowest BCUT2D eigenvalue weighted by atomic mass is 10.0. The number of rotatable bonds is 3. The zero-order chi connectivity index (χ0) is 18.1. The van der Waals surface area contributed by atoms with Crippen LogP contribution in [0.4, 0.5) is 4.39 Å². The van der Waals surface area contributed by atoms with Gasteiger partial charge in [0, 0.05) is 28.3 Å². The third-order valence-electron chi connectivity index (χ3n) is 4.16. The summed E-state index contributed by atoms with van der Waals surface area (Å²) in [5, 5.41) is 0. The average Bonchev–Trinajstić information content (AvgIpc) is 2.78. The van der Waals surface area contributed by atoms with Crippen LogP contribution in [0.1, 0.15) is 23.9 Å². The van der Waals surface area contributed by atoms with Gasteiger partial charge >= 0.3 is 0 Å². The van der Waals surface area contributed by atoms with E-state index >= 15 is 0 Å². The molecule has 1 aliphatic heterocycles. The first-order chi connectivity index (χ1) is 12.7. The molecule has 0 amide bonds. The van der Waals surface area contributed by atoms with Gasteiger partial charge in [-0.2, -0.15) is 4.98 Å². The molecule has 4 rings (SSSR count). The lowest BCUT2D eigenvalue weighted by Gasteiger charge is -2.15. The Morgan fingerprint density at radius 1 is 1.19 bits per heavy atom. The summed E-state index contributed by atoms with van der Waals surface area (Å²) >= 11 is 1.74. The maximum Gasteiger partial charge on any atom is 0.272 e. The van der Waals surface area contributed by atoms with E-state index in [4.69, 9.17) is 0 Å². The zero-order valence-corrected chi connectivity index (χ0v) is 15.0. The summed E-state index contributed by atoms with van der Waals surface area (Å²) in [5.74, 6) is 1.22. The van der Waals surface area contributed by atoms with Crippen molar-refractivity contribution < 1.29 is 4.39 Å². The van der Waals surface area contributed by atoms with Crippen molar-refractivity contribution in [3.63, 3.8) is 0 Å². The number of benzene rings is 2. The second kappa shape index (κ2) is 6.88. The summed E-state index contributed by atoms with van der Waals surface area (Å²) in [4.78, 5) is 21.6. The molecule has 4 nitrogen and oxygen atoms in total. The van der Waals surface area contributed by atoms with E-state index in [0.717, 1.165) is 21.9 Å². The Morgan fingerprint density at radius 2 is 2.08 bits per heavy atom. The van der Waals surface area contributed by atoms with E-state index < -0.39 is 0 Å². The van der Waals surface area contributed by atoms with Gasteiger partial charge in [-0.25, -0.2) is 4.39 Å². The molecule has 0 atom stereocenters. The van der Waals surface area contributed by atoms with Gasteiger partial charge < -0.3 is 4.57 Å². The molecule has 0 saturated heterocycles.